The van der Waals surface area contributed by atoms with E-state index in [1.54, 1.807) is 7.11 Å². The number of rotatable bonds is 7. The van der Waals surface area contributed by atoms with Crippen LogP contribution in [0.2, 0.25) is 0 Å². The second-order valence-electron chi connectivity index (χ2n) is 3.05. The maximum absolute atomic E-state index is 5.61. The van der Waals surface area contributed by atoms with Crippen LogP contribution in [0.3, 0.4) is 0 Å². The summed E-state index contributed by atoms with van der Waals surface area (Å²) in [5.74, 6) is 0.804. The summed E-state index contributed by atoms with van der Waals surface area (Å²) < 4.78 is 16.0. The van der Waals surface area contributed by atoms with E-state index in [0.717, 1.165) is 12.2 Å². The normalized spacial score (nSPS) is 12.4. The summed E-state index contributed by atoms with van der Waals surface area (Å²) in [6.45, 7) is 3.16. The summed E-state index contributed by atoms with van der Waals surface area (Å²) >= 11 is 0. The molecule has 3 nitrogen and oxygen atoms in total. The lowest BCUT2D eigenvalue weighted by atomic mass is 10.3. The highest BCUT2D eigenvalue weighted by Crippen LogP contribution is 2.12. The van der Waals surface area contributed by atoms with Crippen LogP contribution < -0.4 is 4.74 Å². The molecule has 1 rings (SSSR count). The second kappa shape index (κ2) is 7.26. The van der Waals surface area contributed by atoms with Crippen LogP contribution in [-0.4, -0.2) is 26.6 Å². The van der Waals surface area contributed by atoms with Crippen molar-refractivity contribution in [1.82, 2.24) is 0 Å². The van der Waals surface area contributed by atoms with E-state index >= 15 is 0 Å². The average Bonchev–Trinajstić information content (AvgIpc) is 2.29. The zero-order valence-corrected chi connectivity index (χ0v) is 9.23. The SMILES string of the molecule is CCC(OCCOC)Oc1cc[c]cc1. The van der Waals surface area contributed by atoms with Gasteiger partial charge in [-0.2, -0.15) is 0 Å². The molecule has 0 saturated heterocycles. The highest BCUT2D eigenvalue weighted by Gasteiger charge is 2.07. The molecule has 0 heterocycles. The summed E-state index contributed by atoms with van der Waals surface area (Å²) in [5.41, 5.74) is 0. The molecular weight excluding hydrogens is 192 g/mol. The predicted molar refractivity (Wildman–Crippen MR) is 57.8 cm³/mol. The topological polar surface area (TPSA) is 27.7 Å². The maximum Gasteiger partial charge on any atom is 0.199 e. The molecule has 0 aliphatic heterocycles. The smallest absolute Gasteiger partial charge is 0.199 e. The van der Waals surface area contributed by atoms with Crippen molar-refractivity contribution in [3.63, 3.8) is 0 Å². The molecule has 0 bridgehead atoms. The van der Waals surface area contributed by atoms with Crippen LogP contribution in [0.4, 0.5) is 0 Å². The Morgan fingerprint density at radius 1 is 1.27 bits per heavy atom. The Labute approximate surface area is 91.0 Å². The van der Waals surface area contributed by atoms with E-state index in [4.69, 9.17) is 14.2 Å². The minimum Gasteiger partial charge on any atom is -0.465 e. The van der Waals surface area contributed by atoms with Crippen LogP contribution in [0.25, 0.3) is 0 Å². The molecule has 1 aromatic rings. The van der Waals surface area contributed by atoms with E-state index < -0.39 is 0 Å². The lowest BCUT2D eigenvalue weighted by molar-refractivity contribution is -0.0931. The molecule has 15 heavy (non-hydrogen) atoms. The Morgan fingerprint density at radius 2 is 2.00 bits per heavy atom. The van der Waals surface area contributed by atoms with Crippen LogP contribution >= 0.6 is 0 Å². The van der Waals surface area contributed by atoms with Gasteiger partial charge in [-0.25, -0.2) is 0 Å². The van der Waals surface area contributed by atoms with Gasteiger partial charge in [0.1, 0.15) is 5.75 Å². The predicted octanol–water partition coefficient (Wildman–Crippen LogP) is 2.26. The molecule has 3 heteroatoms. The molecule has 1 unspecified atom stereocenters. The van der Waals surface area contributed by atoms with Crippen molar-refractivity contribution in [3.05, 3.63) is 30.3 Å². The number of ether oxygens (including phenoxy) is 3. The standard InChI is InChI=1S/C12H17O3/c1-3-12(14-10-9-13-2)15-11-7-5-4-6-8-11/h5-8,12H,3,9-10H2,1-2H3. The fraction of sp³-hybridized carbons (Fsp3) is 0.500. The Hall–Kier alpha value is -1.06. The van der Waals surface area contributed by atoms with Crippen molar-refractivity contribution < 1.29 is 14.2 Å². The lowest BCUT2D eigenvalue weighted by Crippen LogP contribution is -2.21. The van der Waals surface area contributed by atoms with Crippen molar-refractivity contribution in [2.75, 3.05) is 20.3 Å². The zero-order valence-electron chi connectivity index (χ0n) is 9.23. The second-order valence-corrected chi connectivity index (χ2v) is 3.05. The molecule has 0 aliphatic carbocycles. The molecule has 0 saturated carbocycles. The molecule has 0 fully saturated rings. The van der Waals surface area contributed by atoms with Crippen molar-refractivity contribution in [2.24, 2.45) is 0 Å². The van der Waals surface area contributed by atoms with Crippen molar-refractivity contribution in [1.29, 1.82) is 0 Å². The van der Waals surface area contributed by atoms with Crippen LogP contribution in [0.1, 0.15) is 13.3 Å². The van der Waals surface area contributed by atoms with Gasteiger partial charge in [-0.1, -0.05) is 19.1 Å². The fourth-order valence-corrected chi connectivity index (χ4v) is 1.10. The number of hydrogen-bond acceptors (Lipinski definition) is 3. The van der Waals surface area contributed by atoms with Gasteiger partial charge < -0.3 is 14.2 Å². The monoisotopic (exact) mass is 209 g/mol. The molecule has 83 valence electrons. The summed E-state index contributed by atoms with van der Waals surface area (Å²) in [7, 11) is 1.65. The van der Waals surface area contributed by atoms with Gasteiger partial charge >= 0.3 is 0 Å². The van der Waals surface area contributed by atoms with E-state index in [1.807, 2.05) is 31.2 Å². The van der Waals surface area contributed by atoms with E-state index in [0.29, 0.717) is 13.2 Å². The quantitative estimate of drug-likeness (QED) is 0.509. The third-order valence-corrected chi connectivity index (χ3v) is 1.88. The van der Waals surface area contributed by atoms with Crippen molar-refractivity contribution in [2.45, 2.75) is 19.6 Å². The Kier molecular flexibility index (Phi) is 5.81. The average molecular weight is 209 g/mol. The van der Waals surface area contributed by atoms with Gasteiger partial charge in [-0.15, -0.1) is 0 Å². The van der Waals surface area contributed by atoms with Gasteiger partial charge in [0.05, 0.1) is 13.2 Å². The third-order valence-electron chi connectivity index (χ3n) is 1.88. The Bertz CT molecular complexity index is 248. The highest BCUT2D eigenvalue weighted by molar-refractivity contribution is 5.20. The highest BCUT2D eigenvalue weighted by atomic mass is 16.7. The van der Waals surface area contributed by atoms with Crippen molar-refractivity contribution >= 4 is 0 Å². The lowest BCUT2D eigenvalue weighted by Gasteiger charge is -2.17. The molecule has 0 aromatic heterocycles. The van der Waals surface area contributed by atoms with Crippen molar-refractivity contribution in [3.8, 4) is 5.75 Å². The van der Waals surface area contributed by atoms with E-state index in [-0.39, 0.29) is 6.29 Å². The van der Waals surface area contributed by atoms with E-state index in [9.17, 15) is 0 Å². The number of benzene rings is 1. The van der Waals surface area contributed by atoms with Gasteiger partial charge in [0, 0.05) is 13.5 Å². The first-order valence-electron chi connectivity index (χ1n) is 5.10. The van der Waals surface area contributed by atoms with Gasteiger partial charge in [0.2, 0.25) is 0 Å². The molecule has 0 aliphatic rings. The number of hydrogen-bond donors (Lipinski definition) is 0. The molecule has 0 spiro atoms. The van der Waals surface area contributed by atoms with Gasteiger partial charge in [0.25, 0.3) is 0 Å². The van der Waals surface area contributed by atoms with E-state index in [1.165, 1.54) is 0 Å². The summed E-state index contributed by atoms with van der Waals surface area (Å²) in [6.07, 6.45) is 0.602. The summed E-state index contributed by atoms with van der Waals surface area (Å²) in [6, 6.07) is 10.3. The minimum atomic E-state index is -0.206. The van der Waals surface area contributed by atoms with Crippen LogP contribution in [0, 0.1) is 6.07 Å². The van der Waals surface area contributed by atoms with Gasteiger partial charge in [-0.05, 0) is 18.2 Å². The molecule has 1 atom stereocenters. The molecule has 1 aromatic carbocycles. The van der Waals surface area contributed by atoms with Crippen LogP contribution in [0.5, 0.6) is 5.75 Å². The fourth-order valence-electron chi connectivity index (χ4n) is 1.10. The Balaban J connectivity index is 2.33. The number of methoxy groups -OCH3 is 1. The Morgan fingerprint density at radius 3 is 2.60 bits per heavy atom. The van der Waals surface area contributed by atoms with Gasteiger partial charge in [-0.3, -0.25) is 0 Å². The van der Waals surface area contributed by atoms with Crippen LogP contribution in [-0.2, 0) is 9.47 Å². The molecule has 1 radical (unpaired) electrons. The zero-order chi connectivity index (χ0) is 10.9. The first-order chi connectivity index (χ1) is 7.36. The first-order valence-corrected chi connectivity index (χ1v) is 5.10. The first kappa shape index (κ1) is 12.0. The van der Waals surface area contributed by atoms with Gasteiger partial charge in [0.15, 0.2) is 6.29 Å². The summed E-state index contributed by atoms with van der Waals surface area (Å²) in [4.78, 5) is 0. The third kappa shape index (κ3) is 4.81. The minimum absolute atomic E-state index is 0.206. The summed E-state index contributed by atoms with van der Waals surface area (Å²) in [5, 5.41) is 0. The maximum atomic E-state index is 5.61. The van der Waals surface area contributed by atoms with E-state index in [2.05, 4.69) is 6.07 Å². The molecule has 0 amide bonds. The largest absolute Gasteiger partial charge is 0.465 e. The van der Waals surface area contributed by atoms with Crippen LogP contribution in [0.15, 0.2) is 24.3 Å². The molecular formula is C12H17O3. The molecule has 0 N–H and O–H groups in total.